The number of carbonyl (C=O) groups is 1. The molecular formula is C17H25ClN4O3S. The van der Waals surface area contributed by atoms with Crippen LogP contribution < -0.4 is 5.32 Å². The summed E-state index contributed by atoms with van der Waals surface area (Å²) in [5.41, 5.74) is 0.632. The van der Waals surface area contributed by atoms with E-state index in [1.165, 1.54) is 0 Å². The Labute approximate surface area is 160 Å². The standard InChI is InChI=1S/C17H24N4O3S.ClH/c1-13-12-21(11-9-18-13)16(22)8-5-10-20(2)17-14-6-3-4-7-15(14)25(23,24)19-17;/h3-4,6-7,13,18H,5,8-12H2,1-2H3;1H. The van der Waals surface area contributed by atoms with Crippen molar-refractivity contribution in [3.8, 4) is 0 Å². The van der Waals surface area contributed by atoms with Crippen molar-refractivity contribution < 1.29 is 13.2 Å². The van der Waals surface area contributed by atoms with E-state index in [0.717, 1.165) is 19.6 Å². The number of amidine groups is 1. The molecule has 0 radical (unpaired) electrons. The van der Waals surface area contributed by atoms with Crippen molar-refractivity contribution >= 4 is 34.2 Å². The Morgan fingerprint density at radius 1 is 1.38 bits per heavy atom. The molecule has 2 heterocycles. The number of piperazine rings is 1. The largest absolute Gasteiger partial charge is 0.358 e. The van der Waals surface area contributed by atoms with Gasteiger partial charge in [0.25, 0.3) is 10.0 Å². The van der Waals surface area contributed by atoms with Crippen LogP contribution in [-0.2, 0) is 14.8 Å². The van der Waals surface area contributed by atoms with Crippen molar-refractivity contribution in [1.29, 1.82) is 0 Å². The number of carbonyl (C=O) groups excluding carboxylic acids is 1. The van der Waals surface area contributed by atoms with Gasteiger partial charge in [0.2, 0.25) is 5.91 Å². The number of hydrogen-bond acceptors (Lipinski definition) is 5. The minimum Gasteiger partial charge on any atom is -0.358 e. The zero-order valence-corrected chi connectivity index (χ0v) is 16.6. The molecule has 1 saturated heterocycles. The average Bonchev–Trinajstić information content (AvgIpc) is 2.86. The fourth-order valence-corrected chi connectivity index (χ4v) is 4.51. The highest BCUT2D eigenvalue weighted by molar-refractivity contribution is 7.90. The number of halogens is 1. The van der Waals surface area contributed by atoms with Gasteiger partial charge in [0.1, 0.15) is 10.7 Å². The summed E-state index contributed by atoms with van der Waals surface area (Å²) in [5.74, 6) is 0.613. The van der Waals surface area contributed by atoms with Gasteiger partial charge < -0.3 is 15.1 Å². The monoisotopic (exact) mass is 400 g/mol. The average molecular weight is 401 g/mol. The topological polar surface area (TPSA) is 82.1 Å². The lowest BCUT2D eigenvalue weighted by atomic mass is 10.1. The number of rotatable bonds is 4. The third-order valence-corrected chi connectivity index (χ3v) is 5.90. The van der Waals surface area contributed by atoms with Gasteiger partial charge in [-0.25, -0.2) is 0 Å². The Morgan fingerprint density at radius 2 is 2.12 bits per heavy atom. The van der Waals surface area contributed by atoms with Gasteiger partial charge in [0.15, 0.2) is 0 Å². The maximum Gasteiger partial charge on any atom is 0.285 e. The summed E-state index contributed by atoms with van der Waals surface area (Å²) >= 11 is 0. The number of benzene rings is 1. The smallest absolute Gasteiger partial charge is 0.285 e. The Bertz CT molecular complexity index is 797. The van der Waals surface area contributed by atoms with Crippen LogP contribution >= 0.6 is 12.4 Å². The summed E-state index contributed by atoms with van der Waals surface area (Å²) in [6, 6.07) is 7.17. The molecule has 144 valence electrons. The second-order valence-corrected chi connectivity index (χ2v) is 8.18. The number of nitrogens with zero attached hydrogens (tertiary/aromatic N) is 3. The summed E-state index contributed by atoms with van der Waals surface area (Å²) in [6.45, 7) is 4.97. The fourth-order valence-electron chi connectivity index (χ4n) is 3.25. The van der Waals surface area contributed by atoms with Crippen LogP contribution in [0.25, 0.3) is 0 Å². The first kappa shape index (κ1) is 20.7. The van der Waals surface area contributed by atoms with Crippen molar-refractivity contribution in [1.82, 2.24) is 15.1 Å². The number of hydrogen-bond donors (Lipinski definition) is 1. The van der Waals surface area contributed by atoms with E-state index in [-0.39, 0.29) is 23.2 Å². The lowest BCUT2D eigenvalue weighted by Gasteiger charge is -2.32. The minimum absolute atomic E-state index is 0. The van der Waals surface area contributed by atoms with Gasteiger partial charge in [0, 0.05) is 51.3 Å². The van der Waals surface area contributed by atoms with E-state index in [9.17, 15) is 13.2 Å². The summed E-state index contributed by atoms with van der Waals surface area (Å²) in [5, 5.41) is 3.32. The molecule has 9 heteroatoms. The van der Waals surface area contributed by atoms with Gasteiger partial charge in [0.05, 0.1) is 0 Å². The first-order chi connectivity index (χ1) is 11.9. The third kappa shape index (κ3) is 4.36. The molecule has 2 aliphatic rings. The number of sulfonamides is 1. The van der Waals surface area contributed by atoms with Crippen LogP contribution in [0.2, 0.25) is 0 Å². The Kier molecular flexibility index (Phi) is 6.65. The Balaban J connectivity index is 0.00000243. The number of fused-ring (bicyclic) bond motifs is 1. The van der Waals surface area contributed by atoms with Crippen LogP contribution in [0.3, 0.4) is 0 Å². The fraction of sp³-hybridized carbons (Fsp3) is 0.529. The first-order valence-corrected chi connectivity index (χ1v) is 9.99. The van der Waals surface area contributed by atoms with E-state index in [2.05, 4.69) is 16.6 Å². The van der Waals surface area contributed by atoms with Crippen LogP contribution in [0.15, 0.2) is 33.6 Å². The molecule has 0 saturated carbocycles. The van der Waals surface area contributed by atoms with E-state index in [1.807, 2.05) is 16.8 Å². The normalized spacial score (nSPS) is 20.8. The van der Waals surface area contributed by atoms with Gasteiger partial charge in [-0.15, -0.1) is 16.8 Å². The highest BCUT2D eigenvalue weighted by Gasteiger charge is 2.30. The summed E-state index contributed by atoms with van der Waals surface area (Å²) in [7, 11) is -1.79. The van der Waals surface area contributed by atoms with Gasteiger partial charge in [-0.05, 0) is 25.5 Å². The second kappa shape index (κ2) is 8.37. The van der Waals surface area contributed by atoms with Crippen LogP contribution in [0, 0.1) is 0 Å². The van der Waals surface area contributed by atoms with Gasteiger partial charge in [-0.2, -0.15) is 8.42 Å². The molecule has 1 fully saturated rings. The van der Waals surface area contributed by atoms with Crippen molar-refractivity contribution in [2.45, 2.75) is 30.7 Å². The summed E-state index contributed by atoms with van der Waals surface area (Å²) in [6.07, 6.45) is 1.12. The van der Waals surface area contributed by atoms with E-state index >= 15 is 0 Å². The zero-order chi connectivity index (χ0) is 18.0. The van der Waals surface area contributed by atoms with E-state index < -0.39 is 10.0 Å². The first-order valence-electron chi connectivity index (χ1n) is 8.55. The predicted octanol–water partition coefficient (Wildman–Crippen LogP) is 1.09. The molecule has 1 atom stereocenters. The Hall–Kier alpha value is -1.64. The molecule has 3 rings (SSSR count). The number of nitrogens with one attached hydrogen (secondary N) is 1. The molecule has 1 amide bonds. The molecule has 1 aromatic carbocycles. The van der Waals surface area contributed by atoms with Gasteiger partial charge in [-0.3, -0.25) is 4.79 Å². The summed E-state index contributed by atoms with van der Waals surface area (Å²) < 4.78 is 28.1. The predicted molar refractivity (Wildman–Crippen MR) is 103 cm³/mol. The van der Waals surface area contributed by atoms with Gasteiger partial charge >= 0.3 is 0 Å². The highest BCUT2D eigenvalue weighted by atomic mass is 35.5. The molecular weight excluding hydrogens is 376 g/mol. The quantitative estimate of drug-likeness (QED) is 0.818. The van der Waals surface area contributed by atoms with E-state index in [4.69, 9.17) is 0 Å². The van der Waals surface area contributed by atoms with E-state index in [1.54, 1.807) is 24.3 Å². The molecule has 7 nitrogen and oxygen atoms in total. The zero-order valence-electron chi connectivity index (χ0n) is 15.0. The van der Waals surface area contributed by atoms with Crippen molar-refractivity contribution in [2.75, 3.05) is 33.2 Å². The van der Waals surface area contributed by atoms with Crippen LogP contribution in [0.5, 0.6) is 0 Å². The molecule has 1 N–H and O–H groups in total. The van der Waals surface area contributed by atoms with E-state index in [0.29, 0.717) is 36.8 Å². The van der Waals surface area contributed by atoms with Crippen LogP contribution in [0.4, 0.5) is 0 Å². The molecule has 0 spiro atoms. The molecule has 2 aliphatic heterocycles. The Morgan fingerprint density at radius 3 is 2.85 bits per heavy atom. The van der Waals surface area contributed by atoms with Gasteiger partial charge in [-0.1, -0.05) is 12.1 Å². The maximum atomic E-state index is 12.3. The molecule has 0 aromatic heterocycles. The van der Waals surface area contributed by atoms with Crippen LogP contribution in [0.1, 0.15) is 25.3 Å². The van der Waals surface area contributed by atoms with Crippen molar-refractivity contribution in [2.24, 2.45) is 4.40 Å². The molecule has 0 bridgehead atoms. The molecule has 26 heavy (non-hydrogen) atoms. The second-order valence-electron chi connectivity index (χ2n) is 6.61. The molecule has 1 aromatic rings. The lowest BCUT2D eigenvalue weighted by molar-refractivity contribution is -0.132. The highest BCUT2D eigenvalue weighted by Crippen LogP contribution is 2.27. The van der Waals surface area contributed by atoms with Crippen molar-refractivity contribution in [3.05, 3.63) is 29.8 Å². The summed E-state index contributed by atoms with van der Waals surface area (Å²) in [4.78, 5) is 16.3. The van der Waals surface area contributed by atoms with Crippen LogP contribution in [-0.4, -0.2) is 69.2 Å². The minimum atomic E-state index is -3.60. The third-order valence-electron chi connectivity index (χ3n) is 4.58. The van der Waals surface area contributed by atoms with Crippen molar-refractivity contribution in [3.63, 3.8) is 0 Å². The SMILES string of the molecule is CC1CN(C(=O)CCCN(C)C2=NS(=O)(=O)c3ccccc32)CCN1.Cl. The molecule has 0 aliphatic carbocycles. The lowest BCUT2D eigenvalue weighted by Crippen LogP contribution is -2.51. The maximum absolute atomic E-state index is 12.3. The number of amides is 1. The molecule has 1 unspecified atom stereocenters.